The first-order valence-corrected chi connectivity index (χ1v) is 16.1. The second kappa shape index (κ2) is 14.8. The van der Waals surface area contributed by atoms with E-state index in [0.717, 1.165) is 40.5 Å². The maximum absolute atomic E-state index is 13.7. The van der Waals surface area contributed by atoms with E-state index in [-0.39, 0.29) is 30.7 Å². The minimum absolute atomic E-state index is 0.133. The van der Waals surface area contributed by atoms with Crippen LogP contribution in [0.5, 0.6) is 0 Å². The molecule has 0 aromatic heterocycles. The average molecular weight is 683 g/mol. The predicted octanol–water partition coefficient (Wildman–Crippen LogP) is -0.626. The zero-order valence-corrected chi connectivity index (χ0v) is 27.2. The van der Waals surface area contributed by atoms with E-state index in [1.165, 1.54) is 4.90 Å². The molecular formula is C31H42N2O15. The van der Waals surface area contributed by atoms with Crippen molar-refractivity contribution < 1.29 is 72.2 Å². The summed E-state index contributed by atoms with van der Waals surface area (Å²) in [7, 11) is 0. The van der Waals surface area contributed by atoms with Crippen LogP contribution in [0.1, 0.15) is 59.8 Å². The van der Waals surface area contributed by atoms with Crippen LogP contribution < -0.4 is 0 Å². The number of aliphatic hydroxyl groups is 2. The van der Waals surface area contributed by atoms with Crippen LogP contribution in [0.25, 0.3) is 0 Å². The molecule has 0 bridgehead atoms. The summed E-state index contributed by atoms with van der Waals surface area (Å²) in [6, 6.07) is 0. The molecule has 48 heavy (non-hydrogen) atoms. The average Bonchev–Trinajstić information content (AvgIpc) is 3.61. The van der Waals surface area contributed by atoms with E-state index >= 15 is 0 Å². The summed E-state index contributed by atoms with van der Waals surface area (Å²) in [5.41, 5.74) is 0.266. The third-order valence-corrected chi connectivity index (χ3v) is 9.50. The topological polar surface area (TPSA) is 223 Å². The molecule has 266 valence electrons. The van der Waals surface area contributed by atoms with Crippen molar-refractivity contribution in [3.05, 3.63) is 0 Å². The first-order valence-electron chi connectivity index (χ1n) is 16.1. The highest BCUT2D eigenvalue weighted by Crippen LogP contribution is 2.50. The van der Waals surface area contributed by atoms with Crippen LogP contribution in [0.15, 0.2) is 5.16 Å². The lowest BCUT2D eigenvalue weighted by molar-refractivity contribution is -0.308. The van der Waals surface area contributed by atoms with Crippen molar-refractivity contribution in [3.8, 4) is 0 Å². The van der Waals surface area contributed by atoms with E-state index in [1.807, 2.05) is 0 Å². The quantitative estimate of drug-likeness (QED) is 0.134. The van der Waals surface area contributed by atoms with E-state index in [4.69, 9.17) is 33.3 Å². The number of amides is 2. The van der Waals surface area contributed by atoms with Gasteiger partial charge in [0.2, 0.25) is 17.9 Å². The van der Waals surface area contributed by atoms with E-state index in [1.54, 1.807) is 0 Å². The molecule has 0 radical (unpaired) electrons. The Morgan fingerprint density at radius 2 is 1.50 bits per heavy atom. The summed E-state index contributed by atoms with van der Waals surface area (Å²) >= 11 is 0. The van der Waals surface area contributed by atoms with Gasteiger partial charge < -0.3 is 43.5 Å². The lowest BCUT2D eigenvalue weighted by Gasteiger charge is -2.46. The Hall–Kier alpha value is -3.67. The number of hydrogen-bond donors (Lipinski definition) is 2. The zero-order valence-electron chi connectivity index (χ0n) is 27.2. The molecule has 0 unspecified atom stereocenters. The molecule has 5 aliphatic rings. The van der Waals surface area contributed by atoms with Gasteiger partial charge in [-0.25, -0.2) is 0 Å². The first-order chi connectivity index (χ1) is 22.8. The van der Waals surface area contributed by atoms with Gasteiger partial charge in [-0.3, -0.25) is 33.7 Å². The molecule has 5 fully saturated rings. The minimum Gasteiger partial charge on any atom is -0.463 e. The Morgan fingerprint density at radius 3 is 2.12 bits per heavy atom. The van der Waals surface area contributed by atoms with Crippen molar-refractivity contribution in [2.75, 3.05) is 19.8 Å². The van der Waals surface area contributed by atoms with Crippen LogP contribution in [-0.2, 0) is 62.0 Å². The van der Waals surface area contributed by atoms with Gasteiger partial charge in [-0.1, -0.05) is 5.16 Å². The van der Waals surface area contributed by atoms with Crippen LogP contribution in [0.4, 0.5) is 0 Å². The molecule has 2 saturated carbocycles. The van der Waals surface area contributed by atoms with Gasteiger partial charge in [0, 0.05) is 52.6 Å². The molecule has 3 heterocycles. The molecule has 17 heteroatoms. The summed E-state index contributed by atoms with van der Waals surface area (Å²) in [6.07, 6.45) is -8.09. The molecular weight excluding hydrogens is 640 g/mol. The van der Waals surface area contributed by atoms with Crippen molar-refractivity contribution in [2.45, 2.75) is 109 Å². The predicted molar refractivity (Wildman–Crippen MR) is 156 cm³/mol. The number of imide groups is 1. The van der Waals surface area contributed by atoms with Gasteiger partial charge in [-0.05, 0) is 25.7 Å². The fraction of sp³-hybridized carbons (Fsp3) is 0.774. The number of nitrogens with zero attached hydrogens (tertiary/aromatic N) is 2. The van der Waals surface area contributed by atoms with Crippen LogP contribution >= 0.6 is 0 Å². The Labute approximate surface area is 276 Å². The van der Waals surface area contributed by atoms with Gasteiger partial charge in [0.25, 0.3) is 6.29 Å². The standard InChI is InChI=1S/C31H42N2O15/c1-13(34)43-12-22-26(44-14(2)35)27(45-15(3)36)28(46-16(4)37)31(47-22)48-32-20-10-21(38)25(39)23-18(20)7-8-19-24(23)30(41)33(29(19)40)11-17-6-5-9-42-17/h17-19,21-28,31,38-39H,5-12H2,1-4H3/b32-20+/t17-,18+,19+,21+,22+,23-,24+,25+,26+,27-,28+,31-/m0/s1. The Morgan fingerprint density at radius 1 is 0.854 bits per heavy atom. The van der Waals surface area contributed by atoms with Crippen molar-refractivity contribution in [1.82, 2.24) is 4.90 Å². The number of carbonyl (C=O) groups is 6. The minimum atomic E-state index is -1.60. The second-order valence-corrected chi connectivity index (χ2v) is 12.8. The molecule has 0 aromatic rings. The fourth-order valence-electron chi connectivity index (χ4n) is 7.60. The Balaban J connectivity index is 1.42. The number of likely N-dealkylation sites (tertiary alicyclic amines) is 1. The summed E-state index contributed by atoms with van der Waals surface area (Å²) in [6.45, 7) is 4.64. The van der Waals surface area contributed by atoms with Gasteiger partial charge in [-0.15, -0.1) is 0 Å². The van der Waals surface area contributed by atoms with Crippen LogP contribution in [0.3, 0.4) is 0 Å². The van der Waals surface area contributed by atoms with Crippen LogP contribution in [0.2, 0.25) is 0 Å². The third kappa shape index (κ3) is 7.48. The van der Waals surface area contributed by atoms with Gasteiger partial charge in [0.05, 0.1) is 42.4 Å². The number of ether oxygens (including phenoxy) is 6. The molecule has 2 N–H and O–H groups in total. The Kier molecular flexibility index (Phi) is 11.0. The maximum atomic E-state index is 13.7. The van der Waals surface area contributed by atoms with E-state index in [2.05, 4.69) is 5.16 Å². The second-order valence-electron chi connectivity index (χ2n) is 12.8. The highest BCUT2D eigenvalue weighted by molar-refractivity contribution is 6.06. The van der Waals surface area contributed by atoms with Gasteiger partial charge >= 0.3 is 23.9 Å². The molecule has 5 rings (SSSR count). The molecule has 17 nitrogen and oxygen atoms in total. The fourth-order valence-corrected chi connectivity index (χ4v) is 7.60. The smallest absolute Gasteiger partial charge is 0.303 e. The highest BCUT2D eigenvalue weighted by Gasteiger charge is 2.60. The third-order valence-electron chi connectivity index (χ3n) is 9.50. The molecule has 12 atom stereocenters. The number of rotatable bonds is 9. The van der Waals surface area contributed by atoms with Crippen molar-refractivity contribution in [2.24, 2.45) is 28.8 Å². The van der Waals surface area contributed by atoms with Crippen molar-refractivity contribution in [1.29, 1.82) is 0 Å². The van der Waals surface area contributed by atoms with Gasteiger partial charge in [-0.2, -0.15) is 0 Å². The van der Waals surface area contributed by atoms with Gasteiger partial charge in [0.1, 0.15) is 12.7 Å². The number of fused-ring (bicyclic) bond motifs is 3. The summed E-state index contributed by atoms with van der Waals surface area (Å²) in [4.78, 5) is 82.0. The summed E-state index contributed by atoms with van der Waals surface area (Å²) in [5, 5.41) is 26.3. The Bertz CT molecular complexity index is 1310. The maximum Gasteiger partial charge on any atom is 0.303 e. The SMILES string of the molecule is CC(=O)OC[C@H]1O[C@@H](O/N=C2\C[C@@H](O)[C@@H](O)[C@@H]3[C@@H]4C(=O)N(C[C@@H]5CCCO5)C(=O)[C@@H]4CC[C@H]23)[C@H](OC(C)=O)[C@@H](OC(C)=O)[C@@H]1OC(C)=O. The zero-order chi connectivity index (χ0) is 34.9. The lowest BCUT2D eigenvalue weighted by atomic mass is 9.60. The van der Waals surface area contributed by atoms with Crippen molar-refractivity contribution >= 4 is 41.4 Å². The molecule has 0 aromatic carbocycles. The number of oxime groups is 1. The van der Waals surface area contributed by atoms with E-state index in [0.29, 0.717) is 19.4 Å². The molecule has 3 aliphatic heterocycles. The largest absolute Gasteiger partial charge is 0.463 e. The van der Waals surface area contributed by atoms with Crippen LogP contribution in [0, 0.1) is 23.7 Å². The first kappa shape index (κ1) is 35.6. The van der Waals surface area contributed by atoms with Crippen LogP contribution in [-0.4, -0.2) is 125 Å². The number of carbonyl (C=O) groups excluding carboxylic acids is 6. The summed E-state index contributed by atoms with van der Waals surface area (Å²) < 4.78 is 32.9. The number of aliphatic hydroxyl groups excluding tert-OH is 2. The number of esters is 4. The van der Waals surface area contributed by atoms with E-state index in [9.17, 15) is 39.0 Å². The van der Waals surface area contributed by atoms with E-state index < -0.39 is 103 Å². The summed E-state index contributed by atoms with van der Waals surface area (Å²) in [5.74, 6) is -6.85. The monoisotopic (exact) mass is 682 g/mol. The molecule has 2 amide bonds. The highest BCUT2D eigenvalue weighted by atomic mass is 16.8. The van der Waals surface area contributed by atoms with Crippen molar-refractivity contribution in [3.63, 3.8) is 0 Å². The van der Waals surface area contributed by atoms with Gasteiger partial charge in [0.15, 0.2) is 12.2 Å². The lowest BCUT2D eigenvalue weighted by Crippen LogP contribution is -2.62. The number of hydrogen-bond acceptors (Lipinski definition) is 16. The molecule has 2 aliphatic carbocycles. The normalized spacial score (nSPS) is 38.5. The molecule has 3 saturated heterocycles. The molecule has 0 spiro atoms.